The zero-order valence-corrected chi connectivity index (χ0v) is 20.0. The van der Waals surface area contributed by atoms with Crippen LogP contribution in [0, 0.1) is 5.82 Å². The first-order valence-corrected chi connectivity index (χ1v) is 12.5. The van der Waals surface area contributed by atoms with Gasteiger partial charge in [0.05, 0.1) is 5.02 Å². The quantitative estimate of drug-likeness (QED) is 0.680. The van der Waals surface area contributed by atoms with E-state index in [4.69, 9.17) is 11.6 Å². The molecule has 0 spiro atoms. The van der Waals surface area contributed by atoms with Crippen LogP contribution in [0.4, 0.5) is 15.8 Å². The summed E-state index contributed by atoms with van der Waals surface area (Å²) in [6.45, 7) is 3.70. The molecule has 178 valence electrons. The van der Waals surface area contributed by atoms with E-state index in [1.165, 1.54) is 19.2 Å². The van der Waals surface area contributed by atoms with Crippen LogP contribution in [-0.4, -0.2) is 69.8 Å². The van der Waals surface area contributed by atoms with Crippen molar-refractivity contribution in [2.24, 2.45) is 0 Å². The number of carbonyl (C=O) groups is 1. The van der Waals surface area contributed by atoms with Gasteiger partial charge in [-0.05, 0) is 49.4 Å². The molecule has 33 heavy (non-hydrogen) atoms. The number of rotatable bonds is 4. The fraction of sp³-hybridized carbons (Fsp3) is 0.409. The maximum absolute atomic E-state index is 13.4. The lowest BCUT2D eigenvalue weighted by Crippen LogP contribution is -2.56. The minimum atomic E-state index is -3.89. The molecule has 2 N–H and O–H groups in total. The van der Waals surface area contributed by atoms with Crippen LogP contribution in [0.3, 0.4) is 0 Å². The second kappa shape index (κ2) is 9.55. The molecule has 2 aliphatic rings. The van der Waals surface area contributed by atoms with Gasteiger partial charge < -0.3 is 15.1 Å². The lowest BCUT2D eigenvalue weighted by atomic mass is 9.98. The number of nitrogens with one attached hydrogen (secondary N) is 2. The number of nitrogens with zero attached hydrogens (tertiary/aromatic N) is 3. The molecule has 0 bridgehead atoms. The Labute approximate surface area is 198 Å². The van der Waals surface area contributed by atoms with E-state index in [2.05, 4.69) is 26.9 Å². The SMILES string of the molecule is CN1CCN(c2cccc([C@H]3C[C@@H](C(=O)Nc4ccc(F)c(Cl)c4)N(C)S(=O)(=O)N3)c2)CC1. The van der Waals surface area contributed by atoms with Crippen molar-refractivity contribution >= 4 is 39.1 Å². The molecule has 2 atom stereocenters. The van der Waals surface area contributed by atoms with Crippen molar-refractivity contribution in [1.29, 1.82) is 0 Å². The third kappa shape index (κ3) is 5.30. The number of hydrogen-bond donors (Lipinski definition) is 2. The van der Waals surface area contributed by atoms with Gasteiger partial charge in [0.25, 0.3) is 10.2 Å². The summed E-state index contributed by atoms with van der Waals surface area (Å²) in [5.41, 5.74) is 2.12. The first-order valence-electron chi connectivity index (χ1n) is 10.7. The number of anilines is 2. The predicted octanol–water partition coefficient (Wildman–Crippen LogP) is 2.45. The average Bonchev–Trinajstić information content (AvgIpc) is 2.78. The Morgan fingerprint density at radius 2 is 1.85 bits per heavy atom. The smallest absolute Gasteiger partial charge is 0.280 e. The molecule has 1 amide bonds. The summed E-state index contributed by atoms with van der Waals surface area (Å²) in [7, 11) is -0.437. The normalized spacial score (nSPS) is 23.9. The summed E-state index contributed by atoms with van der Waals surface area (Å²) in [6.07, 6.45) is 0.239. The second-order valence-electron chi connectivity index (χ2n) is 8.45. The Morgan fingerprint density at radius 1 is 1.12 bits per heavy atom. The van der Waals surface area contributed by atoms with Gasteiger partial charge >= 0.3 is 0 Å². The minimum absolute atomic E-state index is 0.127. The molecule has 0 saturated carbocycles. The van der Waals surface area contributed by atoms with Crippen molar-refractivity contribution in [2.75, 3.05) is 50.5 Å². The Hall–Kier alpha value is -2.24. The molecule has 0 aromatic heterocycles. The molecule has 2 heterocycles. The minimum Gasteiger partial charge on any atom is -0.369 e. The Kier molecular flexibility index (Phi) is 6.92. The van der Waals surface area contributed by atoms with E-state index in [-0.39, 0.29) is 11.4 Å². The van der Waals surface area contributed by atoms with Crippen LogP contribution in [-0.2, 0) is 15.0 Å². The van der Waals surface area contributed by atoms with Crippen LogP contribution in [0.25, 0.3) is 0 Å². The van der Waals surface area contributed by atoms with Crippen LogP contribution in [0.1, 0.15) is 18.0 Å². The molecular formula is C22H27ClFN5O3S. The molecule has 4 rings (SSSR count). The molecule has 2 aliphatic heterocycles. The standard InChI is InChI=1S/C22H27ClFN5O3S/c1-27-8-10-29(11-9-27)17-5-3-4-15(12-17)20-14-21(28(2)33(31,32)26-20)22(30)25-16-6-7-19(24)18(23)13-16/h3-7,12-13,20-21,26H,8-11,14H2,1-2H3,(H,25,30)/t20-,21+/m1/s1. The van der Waals surface area contributed by atoms with Gasteiger partial charge in [0.15, 0.2) is 0 Å². The molecule has 0 radical (unpaired) electrons. The summed E-state index contributed by atoms with van der Waals surface area (Å²) in [6, 6.07) is 10.1. The molecular weight excluding hydrogens is 469 g/mol. The fourth-order valence-corrected chi connectivity index (χ4v) is 5.58. The number of benzene rings is 2. The maximum atomic E-state index is 13.4. The Bertz CT molecular complexity index is 1140. The highest BCUT2D eigenvalue weighted by Crippen LogP contribution is 2.31. The number of likely N-dealkylation sites (N-methyl/N-ethyl adjacent to an activating group) is 2. The number of halogens is 2. The highest BCUT2D eigenvalue weighted by Gasteiger charge is 2.40. The van der Waals surface area contributed by atoms with Crippen LogP contribution in [0.5, 0.6) is 0 Å². The van der Waals surface area contributed by atoms with Crippen molar-refractivity contribution in [3.05, 3.63) is 58.9 Å². The second-order valence-corrected chi connectivity index (χ2v) is 10.6. The number of carbonyl (C=O) groups excluding carboxylic acids is 1. The third-order valence-electron chi connectivity index (χ3n) is 6.20. The summed E-state index contributed by atoms with van der Waals surface area (Å²) in [4.78, 5) is 17.5. The summed E-state index contributed by atoms with van der Waals surface area (Å²) >= 11 is 5.80. The van der Waals surface area contributed by atoms with Crippen LogP contribution >= 0.6 is 11.6 Å². The van der Waals surface area contributed by atoms with E-state index < -0.39 is 34.0 Å². The van der Waals surface area contributed by atoms with Crippen molar-refractivity contribution < 1.29 is 17.6 Å². The fourth-order valence-electron chi connectivity index (χ4n) is 4.13. The van der Waals surface area contributed by atoms with Gasteiger partial charge in [-0.3, -0.25) is 4.79 Å². The van der Waals surface area contributed by atoms with Crippen molar-refractivity contribution in [3.63, 3.8) is 0 Å². The zero-order chi connectivity index (χ0) is 23.8. The molecule has 2 fully saturated rings. The van der Waals surface area contributed by atoms with E-state index in [9.17, 15) is 17.6 Å². The predicted molar refractivity (Wildman–Crippen MR) is 127 cm³/mol. The topological polar surface area (TPSA) is 85.0 Å². The first-order chi connectivity index (χ1) is 15.6. The molecule has 8 nitrogen and oxygen atoms in total. The Morgan fingerprint density at radius 3 is 2.55 bits per heavy atom. The number of piperazine rings is 1. The number of amides is 1. The molecule has 11 heteroatoms. The lowest BCUT2D eigenvalue weighted by Gasteiger charge is -2.37. The van der Waals surface area contributed by atoms with Gasteiger partial charge in [-0.1, -0.05) is 23.7 Å². The van der Waals surface area contributed by atoms with Gasteiger partial charge in [-0.25, -0.2) is 4.39 Å². The summed E-state index contributed by atoms with van der Waals surface area (Å²) in [5, 5.41) is 2.52. The van der Waals surface area contributed by atoms with E-state index >= 15 is 0 Å². The third-order valence-corrected chi connectivity index (χ3v) is 8.08. The largest absolute Gasteiger partial charge is 0.369 e. The summed E-state index contributed by atoms with van der Waals surface area (Å²) in [5.74, 6) is -1.11. The van der Waals surface area contributed by atoms with E-state index in [0.29, 0.717) is 5.69 Å². The molecule has 0 unspecified atom stereocenters. The first kappa shape index (κ1) is 23.9. The highest BCUT2D eigenvalue weighted by atomic mass is 35.5. The van der Waals surface area contributed by atoms with Gasteiger partial charge in [0.1, 0.15) is 11.9 Å². The molecule has 2 aromatic carbocycles. The highest BCUT2D eigenvalue weighted by molar-refractivity contribution is 7.87. The zero-order valence-electron chi connectivity index (χ0n) is 18.5. The van der Waals surface area contributed by atoms with Crippen molar-refractivity contribution in [2.45, 2.75) is 18.5 Å². The van der Waals surface area contributed by atoms with Gasteiger partial charge in [0, 0.05) is 50.6 Å². The molecule has 0 aliphatic carbocycles. The van der Waals surface area contributed by atoms with E-state index in [0.717, 1.165) is 47.8 Å². The van der Waals surface area contributed by atoms with Crippen molar-refractivity contribution in [1.82, 2.24) is 13.9 Å². The van der Waals surface area contributed by atoms with E-state index in [1.54, 1.807) is 0 Å². The summed E-state index contributed by atoms with van der Waals surface area (Å²) < 4.78 is 42.7. The average molecular weight is 496 g/mol. The van der Waals surface area contributed by atoms with Crippen LogP contribution in [0.15, 0.2) is 42.5 Å². The van der Waals surface area contributed by atoms with Gasteiger partial charge in [-0.2, -0.15) is 17.4 Å². The van der Waals surface area contributed by atoms with Gasteiger partial charge in [-0.15, -0.1) is 0 Å². The molecule has 2 aromatic rings. The van der Waals surface area contributed by atoms with Crippen LogP contribution < -0.4 is 14.9 Å². The lowest BCUT2D eigenvalue weighted by molar-refractivity contribution is -0.120. The Balaban J connectivity index is 1.54. The van der Waals surface area contributed by atoms with E-state index in [1.807, 2.05) is 24.3 Å². The van der Waals surface area contributed by atoms with Gasteiger partial charge in [0.2, 0.25) is 5.91 Å². The van der Waals surface area contributed by atoms with Crippen molar-refractivity contribution in [3.8, 4) is 0 Å². The van der Waals surface area contributed by atoms with Crippen LogP contribution in [0.2, 0.25) is 5.02 Å². The maximum Gasteiger partial charge on any atom is 0.280 e. The molecule has 2 saturated heterocycles. The monoisotopic (exact) mass is 495 g/mol. The number of hydrogen-bond acceptors (Lipinski definition) is 5.